The van der Waals surface area contributed by atoms with Gasteiger partial charge in [0.1, 0.15) is 18.2 Å². The summed E-state index contributed by atoms with van der Waals surface area (Å²) in [5.74, 6) is -0.651. The van der Waals surface area contributed by atoms with Crippen LogP contribution in [0.2, 0.25) is 5.02 Å². The Kier molecular flexibility index (Phi) is 7.04. The molecule has 0 bridgehead atoms. The van der Waals surface area contributed by atoms with Crippen molar-refractivity contribution in [2.75, 3.05) is 18.4 Å². The van der Waals surface area contributed by atoms with E-state index in [1.807, 2.05) is 30.3 Å². The lowest BCUT2D eigenvalue weighted by Gasteiger charge is -2.20. The van der Waals surface area contributed by atoms with E-state index < -0.39 is 0 Å². The number of carbonyl (C=O) groups is 2. The molecule has 0 saturated carbocycles. The first-order valence-electron chi connectivity index (χ1n) is 10.7. The predicted octanol–water partition coefficient (Wildman–Crippen LogP) is 5.43. The van der Waals surface area contributed by atoms with E-state index in [4.69, 9.17) is 11.6 Å². The lowest BCUT2D eigenvalue weighted by molar-refractivity contribution is -0.116. The highest BCUT2D eigenvalue weighted by atomic mass is 35.5. The highest BCUT2D eigenvalue weighted by molar-refractivity contribution is 6.31. The molecule has 0 fully saturated rings. The number of carbonyl (C=O) groups excluding carboxylic acids is 2. The number of rotatable bonds is 7. The Labute approximate surface area is 201 Å². The van der Waals surface area contributed by atoms with E-state index >= 15 is 0 Å². The second kappa shape index (κ2) is 10.3. The maximum absolute atomic E-state index is 13.5. The molecule has 8 heteroatoms. The maximum Gasteiger partial charge on any atom is 0.254 e. The van der Waals surface area contributed by atoms with Crippen molar-refractivity contribution in [2.24, 2.45) is 0 Å². The smallest absolute Gasteiger partial charge is 0.254 e. The molecule has 6 nitrogen and oxygen atoms in total. The molecule has 0 saturated heterocycles. The van der Waals surface area contributed by atoms with E-state index in [0.29, 0.717) is 34.3 Å². The minimum Gasteiger partial charge on any atom is -0.330 e. The van der Waals surface area contributed by atoms with Gasteiger partial charge in [-0.2, -0.15) is 5.10 Å². The predicted molar refractivity (Wildman–Crippen MR) is 131 cm³/mol. The summed E-state index contributed by atoms with van der Waals surface area (Å²) in [6.45, 7) is 1.98. The van der Waals surface area contributed by atoms with Crippen molar-refractivity contribution in [3.05, 3.63) is 101 Å². The molecule has 4 rings (SSSR count). The van der Waals surface area contributed by atoms with Crippen LogP contribution in [0.4, 0.5) is 10.2 Å². The van der Waals surface area contributed by atoms with Crippen LogP contribution >= 0.6 is 11.6 Å². The van der Waals surface area contributed by atoms with Crippen molar-refractivity contribution in [3.63, 3.8) is 0 Å². The first-order valence-corrected chi connectivity index (χ1v) is 11.1. The molecule has 0 spiro atoms. The van der Waals surface area contributed by atoms with Crippen LogP contribution in [0, 0.1) is 5.82 Å². The highest BCUT2D eigenvalue weighted by Gasteiger charge is 2.20. The fourth-order valence-corrected chi connectivity index (χ4v) is 3.68. The minimum absolute atomic E-state index is 0.156. The number of nitrogens with zero attached hydrogens (tertiary/aromatic N) is 3. The van der Waals surface area contributed by atoms with Crippen molar-refractivity contribution < 1.29 is 14.0 Å². The Morgan fingerprint density at radius 1 is 1.00 bits per heavy atom. The summed E-state index contributed by atoms with van der Waals surface area (Å²) in [6, 6.07) is 23.7. The van der Waals surface area contributed by atoms with Gasteiger partial charge in [0.2, 0.25) is 5.91 Å². The van der Waals surface area contributed by atoms with Gasteiger partial charge in [-0.3, -0.25) is 9.59 Å². The van der Waals surface area contributed by atoms with Crippen LogP contribution < -0.4 is 5.32 Å². The van der Waals surface area contributed by atoms with E-state index in [2.05, 4.69) is 10.4 Å². The summed E-state index contributed by atoms with van der Waals surface area (Å²) in [6.07, 6.45) is 0. The maximum atomic E-state index is 13.5. The molecule has 0 aliphatic carbocycles. The minimum atomic E-state index is -0.389. The normalized spacial score (nSPS) is 10.7. The van der Waals surface area contributed by atoms with Crippen LogP contribution in [-0.2, 0) is 4.79 Å². The average Bonchev–Trinajstić information content (AvgIpc) is 3.26. The molecule has 2 amide bonds. The standard InChI is InChI=1S/C26H22ClFN4O2/c1-2-31(26(34)19-9-6-10-20(27)15-19)17-25(33)29-24-16-23(18-7-4-3-5-8-18)30-32(24)22-13-11-21(28)12-14-22/h3-16H,2,17H2,1H3,(H,29,33). The summed E-state index contributed by atoms with van der Waals surface area (Å²) in [5.41, 5.74) is 2.50. The molecule has 1 N–H and O–H groups in total. The van der Waals surface area contributed by atoms with E-state index in [1.54, 1.807) is 49.4 Å². The van der Waals surface area contributed by atoms with Crippen LogP contribution in [0.1, 0.15) is 17.3 Å². The fraction of sp³-hybridized carbons (Fsp3) is 0.115. The largest absolute Gasteiger partial charge is 0.330 e. The van der Waals surface area contributed by atoms with Crippen molar-refractivity contribution in [2.45, 2.75) is 6.92 Å². The van der Waals surface area contributed by atoms with Gasteiger partial charge >= 0.3 is 0 Å². The Morgan fingerprint density at radius 2 is 1.74 bits per heavy atom. The number of aromatic nitrogens is 2. The highest BCUT2D eigenvalue weighted by Crippen LogP contribution is 2.25. The van der Waals surface area contributed by atoms with Gasteiger partial charge in [-0.1, -0.05) is 48.0 Å². The number of anilines is 1. The molecule has 0 radical (unpaired) electrons. The number of benzene rings is 3. The Balaban J connectivity index is 1.59. The van der Waals surface area contributed by atoms with Crippen LogP contribution in [0.25, 0.3) is 16.9 Å². The van der Waals surface area contributed by atoms with E-state index in [0.717, 1.165) is 5.56 Å². The molecule has 4 aromatic rings. The van der Waals surface area contributed by atoms with Gasteiger partial charge in [0, 0.05) is 28.8 Å². The number of halogens is 2. The number of hydrogen-bond acceptors (Lipinski definition) is 3. The first-order chi connectivity index (χ1) is 16.4. The third-order valence-corrected chi connectivity index (χ3v) is 5.43. The zero-order valence-corrected chi connectivity index (χ0v) is 19.2. The van der Waals surface area contributed by atoms with Gasteiger partial charge in [-0.15, -0.1) is 0 Å². The molecular weight excluding hydrogens is 455 g/mol. The van der Waals surface area contributed by atoms with Crippen LogP contribution in [-0.4, -0.2) is 39.6 Å². The monoisotopic (exact) mass is 476 g/mol. The van der Waals surface area contributed by atoms with Gasteiger partial charge in [0.15, 0.2) is 0 Å². The van der Waals surface area contributed by atoms with Crippen LogP contribution in [0.15, 0.2) is 84.9 Å². The third-order valence-electron chi connectivity index (χ3n) is 5.19. The van der Waals surface area contributed by atoms with E-state index in [-0.39, 0.29) is 24.2 Å². The van der Waals surface area contributed by atoms with E-state index in [1.165, 1.54) is 21.7 Å². The molecule has 3 aromatic carbocycles. The Bertz CT molecular complexity index is 1310. The molecule has 0 aliphatic heterocycles. The van der Waals surface area contributed by atoms with Crippen LogP contribution in [0.3, 0.4) is 0 Å². The summed E-state index contributed by atoms with van der Waals surface area (Å²) in [7, 11) is 0. The number of nitrogens with one attached hydrogen (secondary N) is 1. The summed E-state index contributed by atoms with van der Waals surface area (Å²) >= 11 is 6.00. The SMILES string of the molecule is CCN(CC(=O)Nc1cc(-c2ccccc2)nn1-c1ccc(F)cc1)C(=O)c1cccc(Cl)c1. The summed E-state index contributed by atoms with van der Waals surface area (Å²) in [4.78, 5) is 27.2. The summed E-state index contributed by atoms with van der Waals surface area (Å²) in [5, 5.41) is 7.90. The molecular formula is C26H22ClFN4O2. The quantitative estimate of drug-likeness (QED) is 0.386. The lowest BCUT2D eigenvalue weighted by Crippen LogP contribution is -2.38. The molecule has 1 heterocycles. The second-order valence-corrected chi connectivity index (χ2v) is 7.98. The zero-order chi connectivity index (χ0) is 24.1. The molecule has 0 aliphatic rings. The number of likely N-dealkylation sites (N-methyl/N-ethyl adjacent to an activating group) is 1. The van der Waals surface area contributed by atoms with Gasteiger partial charge in [-0.25, -0.2) is 9.07 Å². The first kappa shape index (κ1) is 23.2. The number of amides is 2. The van der Waals surface area contributed by atoms with Gasteiger partial charge in [0.05, 0.1) is 11.4 Å². The van der Waals surface area contributed by atoms with Crippen molar-refractivity contribution in [1.29, 1.82) is 0 Å². The Hall–Kier alpha value is -3.97. The van der Waals surface area contributed by atoms with Gasteiger partial charge in [0.25, 0.3) is 5.91 Å². The second-order valence-electron chi connectivity index (χ2n) is 7.55. The van der Waals surface area contributed by atoms with E-state index in [9.17, 15) is 14.0 Å². The molecule has 172 valence electrons. The summed E-state index contributed by atoms with van der Waals surface area (Å²) < 4.78 is 15.0. The van der Waals surface area contributed by atoms with Gasteiger partial charge < -0.3 is 10.2 Å². The molecule has 34 heavy (non-hydrogen) atoms. The van der Waals surface area contributed by atoms with Crippen LogP contribution in [0.5, 0.6) is 0 Å². The third kappa shape index (κ3) is 5.32. The van der Waals surface area contributed by atoms with Crippen molar-refractivity contribution in [3.8, 4) is 16.9 Å². The average molecular weight is 477 g/mol. The lowest BCUT2D eigenvalue weighted by atomic mass is 10.1. The van der Waals surface area contributed by atoms with Gasteiger partial charge in [-0.05, 0) is 49.4 Å². The topological polar surface area (TPSA) is 67.2 Å². The zero-order valence-electron chi connectivity index (χ0n) is 18.4. The number of hydrogen-bond donors (Lipinski definition) is 1. The molecule has 0 unspecified atom stereocenters. The molecule has 0 atom stereocenters. The Morgan fingerprint density at radius 3 is 2.41 bits per heavy atom. The molecule has 1 aromatic heterocycles. The van der Waals surface area contributed by atoms with Crippen molar-refractivity contribution >= 4 is 29.2 Å². The van der Waals surface area contributed by atoms with Crippen molar-refractivity contribution in [1.82, 2.24) is 14.7 Å². The fourth-order valence-electron chi connectivity index (χ4n) is 3.49.